The Hall–Kier alpha value is -0.970. The molecule has 1 atom stereocenters. The first-order chi connectivity index (χ1) is 9.08. The Balaban J connectivity index is 2.58. The van der Waals surface area contributed by atoms with Gasteiger partial charge in [0.05, 0.1) is 6.61 Å². The van der Waals surface area contributed by atoms with Gasteiger partial charge in [0.2, 0.25) is 0 Å². The summed E-state index contributed by atoms with van der Waals surface area (Å²) in [5, 5.41) is 3.44. The Morgan fingerprint density at radius 2 is 1.95 bits per heavy atom. The summed E-state index contributed by atoms with van der Waals surface area (Å²) >= 11 is 0. The number of halogens is 1. The summed E-state index contributed by atoms with van der Waals surface area (Å²) < 4.78 is 18.7. The van der Waals surface area contributed by atoms with Crippen LogP contribution in [-0.4, -0.2) is 26.3 Å². The van der Waals surface area contributed by atoms with Crippen LogP contribution < -0.4 is 11.1 Å². The maximum atomic E-state index is 13.5. The van der Waals surface area contributed by atoms with Crippen molar-refractivity contribution < 1.29 is 9.13 Å². The van der Waals surface area contributed by atoms with Crippen LogP contribution >= 0.6 is 0 Å². The van der Waals surface area contributed by atoms with E-state index in [0.29, 0.717) is 30.3 Å². The van der Waals surface area contributed by atoms with E-state index in [0.717, 1.165) is 24.9 Å². The molecule has 1 rings (SSSR count). The lowest BCUT2D eigenvalue weighted by Crippen LogP contribution is -2.33. The Morgan fingerprint density at radius 3 is 2.47 bits per heavy atom. The first-order valence-corrected chi connectivity index (χ1v) is 6.76. The van der Waals surface area contributed by atoms with E-state index in [2.05, 4.69) is 5.32 Å². The molecule has 0 aliphatic heterocycles. The first-order valence-electron chi connectivity index (χ1n) is 6.76. The summed E-state index contributed by atoms with van der Waals surface area (Å²) in [6.07, 6.45) is 1.96. The van der Waals surface area contributed by atoms with Gasteiger partial charge < -0.3 is 15.8 Å². The van der Waals surface area contributed by atoms with Crippen molar-refractivity contribution in [3.63, 3.8) is 0 Å². The van der Waals surface area contributed by atoms with Gasteiger partial charge in [-0.05, 0) is 49.9 Å². The van der Waals surface area contributed by atoms with Crippen LogP contribution in [-0.2, 0) is 11.3 Å². The minimum atomic E-state index is -0.111. The fourth-order valence-corrected chi connectivity index (χ4v) is 2.21. The average Bonchev–Trinajstić information content (AvgIpc) is 2.39. The zero-order valence-electron chi connectivity index (χ0n) is 12.1. The van der Waals surface area contributed by atoms with Crippen molar-refractivity contribution in [1.29, 1.82) is 0 Å². The van der Waals surface area contributed by atoms with Crippen molar-refractivity contribution in [3.05, 3.63) is 34.6 Å². The van der Waals surface area contributed by atoms with E-state index in [1.54, 1.807) is 21.0 Å². The SMILES string of the molecule is COCC(CCCN)NCc1cc(C)c(F)c(C)c1. The zero-order chi connectivity index (χ0) is 14.3. The van der Waals surface area contributed by atoms with E-state index in [-0.39, 0.29) is 5.82 Å². The van der Waals surface area contributed by atoms with Gasteiger partial charge in [-0.15, -0.1) is 0 Å². The maximum absolute atomic E-state index is 13.5. The Morgan fingerprint density at radius 1 is 1.32 bits per heavy atom. The lowest BCUT2D eigenvalue weighted by molar-refractivity contribution is 0.161. The quantitative estimate of drug-likeness (QED) is 0.760. The molecule has 108 valence electrons. The number of rotatable bonds is 8. The van der Waals surface area contributed by atoms with Crippen LogP contribution in [0.4, 0.5) is 4.39 Å². The number of methoxy groups -OCH3 is 1. The summed E-state index contributed by atoms with van der Waals surface area (Å²) in [7, 11) is 1.70. The molecule has 0 bridgehead atoms. The van der Waals surface area contributed by atoms with E-state index in [1.807, 2.05) is 12.1 Å². The molecule has 0 saturated heterocycles. The van der Waals surface area contributed by atoms with Crippen molar-refractivity contribution in [2.75, 3.05) is 20.3 Å². The lowest BCUT2D eigenvalue weighted by Gasteiger charge is -2.18. The number of benzene rings is 1. The number of nitrogens with one attached hydrogen (secondary N) is 1. The van der Waals surface area contributed by atoms with E-state index in [4.69, 9.17) is 10.5 Å². The second kappa shape index (κ2) is 8.25. The van der Waals surface area contributed by atoms with Crippen LogP contribution in [0.25, 0.3) is 0 Å². The highest BCUT2D eigenvalue weighted by molar-refractivity contribution is 5.30. The molecule has 3 N–H and O–H groups in total. The van der Waals surface area contributed by atoms with E-state index >= 15 is 0 Å². The smallest absolute Gasteiger partial charge is 0.129 e. The Labute approximate surface area is 115 Å². The Bertz CT molecular complexity index is 373. The van der Waals surface area contributed by atoms with Crippen molar-refractivity contribution >= 4 is 0 Å². The highest BCUT2D eigenvalue weighted by Gasteiger charge is 2.09. The van der Waals surface area contributed by atoms with E-state index < -0.39 is 0 Å². The van der Waals surface area contributed by atoms with Gasteiger partial charge in [-0.25, -0.2) is 4.39 Å². The van der Waals surface area contributed by atoms with Crippen LogP contribution in [0.3, 0.4) is 0 Å². The summed E-state index contributed by atoms with van der Waals surface area (Å²) in [6, 6.07) is 4.07. The minimum Gasteiger partial charge on any atom is -0.383 e. The molecule has 1 aromatic rings. The van der Waals surface area contributed by atoms with Crippen LogP contribution in [0.5, 0.6) is 0 Å². The van der Waals surface area contributed by atoms with Crippen molar-refractivity contribution in [3.8, 4) is 0 Å². The van der Waals surface area contributed by atoms with Gasteiger partial charge in [0.1, 0.15) is 5.82 Å². The molecule has 0 fully saturated rings. The summed E-state index contributed by atoms with van der Waals surface area (Å²) in [6.45, 7) is 5.68. The monoisotopic (exact) mass is 268 g/mol. The van der Waals surface area contributed by atoms with Gasteiger partial charge in [0.15, 0.2) is 0 Å². The number of aryl methyl sites for hydroxylation is 2. The summed E-state index contributed by atoms with van der Waals surface area (Å²) in [4.78, 5) is 0. The fraction of sp³-hybridized carbons (Fsp3) is 0.600. The molecule has 0 saturated carbocycles. The third-order valence-electron chi connectivity index (χ3n) is 3.22. The van der Waals surface area contributed by atoms with E-state index in [1.165, 1.54) is 0 Å². The second-order valence-corrected chi connectivity index (χ2v) is 5.01. The normalized spacial score (nSPS) is 12.7. The van der Waals surface area contributed by atoms with Crippen molar-refractivity contribution in [2.24, 2.45) is 5.73 Å². The van der Waals surface area contributed by atoms with Gasteiger partial charge >= 0.3 is 0 Å². The highest BCUT2D eigenvalue weighted by Crippen LogP contribution is 2.14. The highest BCUT2D eigenvalue weighted by atomic mass is 19.1. The summed E-state index contributed by atoms with van der Waals surface area (Å²) in [5.41, 5.74) is 8.02. The number of ether oxygens (including phenoxy) is 1. The maximum Gasteiger partial charge on any atom is 0.129 e. The predicted octanol–water partition coefficient (Wildman–Crippen LogP) is 2.29. The summed E-state index contributed by atoms with van der Waals surface area (Å²) in [5.74, 6) is -0.111. The van der Waals surface area contributed by atoms with Gasteiger partial charge in [-0.1, -0.05) is 12.1 Å². The molecule has 19 heavy (non-hydrogen) atoms. The molecule has 0 amide bonds. The van der Waals surface area contributed by atoms with Crippen molar-refractivity contribution in [1.82, 2.24) is 5.32 Å². The minimum absolute atomic E-state index is 0.111. The number of hydrogen-bond donors (Lipinski definition) is 2. The average molecular weight is 268 g/mol. The zero-order valence-corrected chi connectivity index (χ0v) is 12.1. The molecular weight excluding hydrogens is 243 g/mol. The topological polar surface area (TPSA) is 47.3 Å². The number of nitrogens with two attached hydrogens (primary N) is 1. The molecule has 0 heterocycles. The molecular formula is C15H25FN2O. The molecule has 0 aliphatic rings. The largest absolute Gasteiger partial charge is 0.383 e. The third-order valence-corrected chi connectivity index (χ3v) is 3.22. The van der Waals surface area contributed by atoms with Crippen LogP contribution in [0.1, 0.15) is 29.5 Å². The number of hydrogen-bond acceptors (Lipinski definition) is 3. The second-order valence-electron chi connectivity index (χ2n) is 5.01. The standard InChI is InChI=1S/C15H25FN2O/c1-11-7-13(8-12(2)15(11)16)9-18-14(10-19-3)5-4-6-17/h7-8,14,18H,4-6,9-10,17H2,1-3H3. The molecule has 4 heteroatoms. The molecule has 1 aromatic carbocycles. The third kappa shape index (κ3) is 5.27. The molecule has 0 aromatic heterocycles. The van der Waals surface area contributed by atoms with Crippen molar-refractivity contribution in [2.45, 2.75) is 39.3 Å². The first kappa shape index (κ1) is 16.1. The molecule has 0 aliphatic carbocycles. The van der Waals surface area contributed by atoms with Gasteiger partial charge in [-0.3, -0.25) is 0 Å². The predicted molar refractivity (Wildman–Crippen MR) is 76.7 cm³/mol. The molecule has 0 spiro atoms. The van der Waals surface area contributed by atoms with Crippen LogP contribution in [0, 0.1) is 19.7 Å². The fourth-order valence-electron chi connectivity index (χ4n) is 2.21. The van der Waals surface area contributed by atoms with E-state index in [9.17, 15) is 4.39 Å². The molecule has 3 nitrogen and oxygen atoms in total. The van der Waals surface area contributed by atoms with Gasteiger partial charge in [0.25, 0.3) is 0 Å². The van der Waals surface area contributed by atoms with Crippen LogP contribution in [0.2, 0.25) is 0 Å². The van der Waals surface area contributed by atoms with Crippen LogP contribution in [0.15, 0.2) is 12.1 Å². The lowest BCUT2D eigenvalue weighted by atomic mass is 10.1. The molecule has 1 unspecified atom stereocenters. The van der Waals surface area contributed by atoms with Gasteiger partial charge in [0, 0.05) is 19.7 Å². The molecule has 0 radical (unpaired) electrons. The van der Waals surface area contributed by atoms with Gasteiger partial charge in [-0.2, -0.15) is 0 Å². The Kier molecular flexibility index (Phi) is 6.99.